The predicted molar refractivity (Wildman–Crippen MR) is 77.0 cm³/mol. The number of aromatic amines is 1. The Morgan fingerprint density at radius 1 is 1.33 bits per heavy atom. The monoisotopic (exact) mass is 509 g/mol. The van der Waals surface area contributed by atoms with Gasteiger partial charge in [0.2, 0.25) is 0 Å². The minimum absolute atomic E-state index is 0.0563. The number of imidazole rings is 1. The summed E-state index contributed by atoms with van der Waals surface area (Å²) in [6.45, 7) is 3.56. The van der Waals surface area contributed by atoms with E-state index in [0.717, 1.165) is 14.4 Å². The summed E-state index contributed by atoms with van der Waals surface area (Å²) >= 11 is 0.346. The minimum atomic E-state index is 0.0563. The third kappa shape index (κ3) is 4.92. The zero-order valence-electron chi connectivity index (χ0n) is 12.2. The molecule has 2 unspecified atom stereocenters. The van der Waals surface area contributed by atoms with E-state index >= 15 is 0 Å². The fourth-order valence-electron chi connectivity index (χ4n) is 2.41. The fraction of sp³-hybridized carbons (Fsp3) is 0.438. The Balaban J connectivity index is 1.50. The summed E-state index contributed by atoms with van der Waals surface area (Å²) in [4.78, 5) is 7.30. The number of nitrogens with zero attached hydrogens (tertiary/aromatic N) is 1. The molecular weight excluding hydrogens is 488 g/mol. The van der Waals surface area contributed by atoms with E-state index in [0.29, 0.717) is 0 Å². The number of rotatable bonds is 6. The van der Waals surface area contributed by atoms with Crippen molar-refractivity contribution in [1.29, 1.82) is 0 Å². The molecule has 1 saturated heterocycles. The topological polar surface area (TPSA) is 40.7 Å². The Morgan fingerprint density at radius 3 is 3.05 bits per heavy atom. The number of H-pyrrole nitrogens is 1. The molecule has 0 spiro atoms. The molecule has 2 atom stereocenters. The van der Waals surface area contributed by atoms with E-state index in [1.165, 1.54) is 23.1 Å². The summed E-state index contributed by atoms with van der Waals surface area (Å²) in [6.07, 6.45) is 5.11. The first-order valence-corrected chi connectivity index (χ1v) is 12.6. The molecule has 0 bridgehead atoms. The van der Waals surface area contributed by atoms with Crippen LogP contribution in [0.5, 0.6) is 0 Å². The molecule has 116 valence electrons. The van der Waals surface area contributed by atoms with E-state index in [2.05, 4.69) is 46.5 Å². The molecule has 21 heavy (non-hydrogen) atoms. The van der Waals surface area contributed by atoms with Gasteiger partial charge in [0.15, 0.2) is 0 Å². The molecule has 0 amide bonds. The Kier molecular flexibility index (Phi) is 5.93. The van der Waals surface area contributed by atoms with Gasteiger partial charge >= 0.3 is 148 Å². The summed E-state index contributed by atoms with van der Waals surface area (Å²) < 4.78 is 5.02. The fourth-order valence-corrected chi connectivity index (χ4v) is 8.05. The van der Waals surface area contributed by atoms with E-state index in [-0.39, 0.29) is 42.4 Å². The van der Waals surface area contributed by atoms with Crippen LogP contribution in [-0.2, 0) is 8.86 Å². The number of hydrogen-bond acceptors (Lipinski definition) is 2. The standard InChI is InChI=1S/C16H21I2N3/c1-12-5-15(9-20-12)17-7-13-3-2-4-14(6-13)18-8-16-10-19-11-21-16/h2-4,6,10-12,15,20H,5,7-9H2,1H3,(H,19,21)/q-2. The second kappa shape index (κ2) is 7.92. The van der Waals surface area contributed by atoms with Gasteiger partial charge in [0.25, 0.3) is 0 Å². The number of alkyl halides is 3. The molecule has 1 aliphatic rings. The first-order chi connectivity index (χ1) is 10.3. The zero-order chi connectivity index (χ0) is 14.5. The third-order valence-electron chi connectivity index (χ3n) is 3.56. The second-order valence-electron chi connectivity index (χ2n) is 5.40. The number of aromatic nitrogens is 2. The van der Waals surface area contributed by atoms with Crippen LogP contribution < -0.4 is 47.7 Å². The van der Waals surface area contributed by atoms with Gasteiger partial charge in [-0.25, -0.2) is 0 Å². The summed E-state index contributed by atoms with van der Waals surface area (Å²) in [6, 6.07) is 10.0. The molecule has 0 aliphatic carbocycles. The van der Waals surface area contributed by atoms with Crippen molar-refractivity contribution in [3.05, 3.63) is 51.6 Å². The van der Waals surface area contributed by atoms with Crippen molar-refractivity contribution in [2.45, 2.75) is 32.2 Å². The maximum atomic E-state index is 4.09. The van der Waals surface area contributed by atoms with Gasteiger partial charge < -0.3 is 0 Å². The molecular formula is C16H21I2N3-2. The van der Waals surface area contributed by atoms with Gasteiger partial charge in [0, 0.05) is 0 Å². The van der Waals surface area contributed by atoms with Gasteiger partial charge in [0.05, 0.1) is 0 Å². The molecule has 0 radical (unpaired) electrons. The molecule has 1 fully saturated rings. The van der Waals surface area contributed by atoms with E-state index in [4.69, 9.17) is 0 Å². The van der Waals surface area contributed by atoms with Gasteiger partial charge in [-0.1, -0.05) is 0 Å². The molecule has 1 aromatic heterocycles. The van der Waals surface area contributed by atoms with E-state index in [9.17, 15) is 0 Å². The Morgan fingerprint density at radius 2 is 2.29 bits per heavy atom. The van der Waals surface area contributed by atoms with Gasteiger partial charge in [-0.15, -0.1) is 0 Å². The van der Waals surface area contributed by atoms with Crippen LogP contribution in [0.15, 0.2) is 36.8 Å². The molecule has 1 aliphatic heterocycles. The van der Waals surface area contributed by atoms with Crippen molar-refractivity contribution >= 4 is 0 Å². The van der Waals surface area contributed by atoms with Crippen molar-refractivity contribution in [1.82, 2.24) is 15.3 Å². The summed E-state index contributed by atoms with van der Waals surface area (Å²) in [5.41, 5.74) is 2.83. The van der Waals surface area contributed by atoms with E-state index in [1.54, 1.807) is 15.5 Å². The van der Waals surface area contributed by atoms with Crippen molar-refractivity contribution in [2.75, 3.05) is 6.54 Å². The number of benzene rings is 1. The van der Waals surface area contributed by atoms with Crippen LogP contribution in [-0.4, -0.2) is 26.5 Å². The summed E-state index contributed by atoms with van der Waals surface area (Å²) in [5, 5.41) is 3.58. The Bertz CT molecular complexity index is 556. The van der Waals surface area contributed by atoms with Crippen molar-refractivity contribution in [2.24, 2.45) is 0 Å². The van der Waals surface area contributed by atoms with E-state index < -0.39 is 0 Å². The quantitative estimate of drug-likeness (QED) is 0.310. The first-order valence-electron chi connectivity index (χ1n) is 7.26. The third-order valence-corrected chi connectivity index (χ3v) is 9.83. The summed E-state index contributed by atoms with van der Waals surface area (Å²) in [7, 11) is 0. The Hall–Kier alpha value is -0.150. The van der Waals surface area contributed by atoms with Gasteiger partial charge in [0.1, 0.15) is 0 Å². The molecule has 1 aromatic carbocycles. The molecule has 3 rings (SSSR count). The molecule has 2 aromatic rings. The van der Waals surface area contributed by atoms with Crippen LogP contribution in [0.4, 0.5) is 0 Å². The maximum absolute atomic E-state index is 4.09. The SMILES string of the molecule is CC1CC([I-]Cc2cccc([I-]Cc3cnc[nH]3)c2)CN1. The normalized spacial score (nSPS) is 22.1. The van der Waals surface area contributed by atoms with Crippen LogP contribution >= 0.6 is 0 Å². The van der Waals surface area contributed by atoms with Crippen molar-refractivity contribution < 1.29 is 42.4 Å². The molecule has 0 saturated carbocycles. The van der Waals surface area contributed by atoms with Gasteiger partial charge in [-0.05, 0) is 0 Å². The van der Waals surface area contributed by atoms with E-state index in [1.807, 2.05) is 6.20 Å². The van der Waals surface area contributed by atoms with Crippen LogP contribution in [0.1, 0.15) is 24.6 Å². The van der Waals surface area contributed by atoms with Crippen molar-refractivity contribution in [3.63, 3.8) is 0 Å². The first kappa shape index (κ1) is 15.7. The Labute approximate surface area is 147 Å². The average Bonchev–Trinajstić information content (AvgIpc) is 3.15. The summed E-state index contributed by atoms with van der Waals surface area (Å²) in [5.74, 6) is 0. The number of nitrogens with one attached hydrogen (secondary N) is 2. The second-order valence-corrected chi connectivity index (χ2v) is 11.6. The average molecular weight is 509 g/mol. The van der Waals surface area contributed by atoms with Gasteiger partial charge in [-0.2, -0.15) is 0 Å². The number of hydrogen-bond donors (Lipinski definition) is 2. The molecule has 2 heterocycles. The predicted octanol–water partition coefficient (Wildman–Crippen LogP) is -3.79. The zero-order valence-corrected chi connectivity index (χ0v) is 16.5. The number of halogens is 2. The van der Waals surface area contributed by atoms with Crippen LogP contribution in [0.3, 0.4) is 0 Å². The van der Waals surface area contributed by atoms with Crippen LogP contribution in [0.2, 0.25) is 0 Å². The van der Waals surface area contributed by atoms with Crippen molar-refractivity contribution in [3.8, 4) is 0 Å². The molecule has 5 heteroatoms. The van der Waals surface area contributed by atoms with Crippen LogP contribution in [0.25, 0.3) is 0 Å². The van der Waals surface area contributed by atoms with Crippen LogP contribution in [0, 0.1) is 3.57 Å². The molecule has 3 nitrogen and oxygen atoms in total. The molecule has 2 N–H and O–H groups in total. The van der Waals surface area contributed by atoms with Gasteiger partial charge in [-0.3, -0.25) is 0 Å².